The molecule has 19 heavy (non-hydrogen) atoms. The van der Waals surface area contributed by atoms with E-state index in [4.69, 9.17) is 4.74 Å². The van der Waals surface area contributed by atoms with E-state index in [0.29, 0.717) is 19.4 Å². The molecule has 110 valence electrons. The number of carbonyl (C=O) groups excluding carboxylic acids is 1. The number of likely N-dealkylation sites (N-methyl/N-ethyl adjacent to an activating group) is 1. The summed E-state index contributed by atoms with van der Waals surface area (Å²) < 4.78 is 5.35. The van der Waals surface area contributed by atoms with Gasteiger partial charge in [-0.1, -0.05) is 13.8 Å². The Kier molecular flexibility index (Phi) is 6.28. The zero-order valence-corrected chi connectivity index (χ0v) is 12.1. The fourth-order valence-corrected chi connectivity index (χ4v) is 2.40. The van der Waals surface area contributed by atoms with Gasteiger partial charge in [0.2, 0.25) is 5.91 Å². The van der Waals surface area contributed by atoms with Gasteiger partial charge in [0.1, 0.15) is 6.04 Å². The van der Waals surface area contributed by atoms with Gasteiger partial charge < -0.3 is 14.7 Å². The average Bonchev–Trinajstić information content (AvgIpc) is 2.35. The standard InChI is InChI=1S/C14H25NO4/c1-10(2)7-12(14(17)18)15(3)13(16)8-11-5-4-6-19-9-11/h10-12H,4-9H2,1-3H3,(H,17,18). The third kappa shape index (κ3) is 5.19. The molecule has 0 saturated carbocycles. The van der Waals surface area contributed by atoms with Gasteiger partial charge in [-0.3, -0.25) is 4.79 Å². The highest BCUT2D eigenvalue weighted by atomic mass is 16.5. The van der Waals surface area contributed by atoms with Crippen LogP contribution < -0.4 is 0 Å². The summed E-state index contributed by atoms with van der Waals surface area (Å²) in [5, 5.41) is 9.23. The van der Waals surface area contributed by atoms with Crippen molar-refractivity contribution in [2.45, 2.75) is 45.6 Å². The molecule has 1 N–H and O–H groups in total. The maximum atomic E-state index is 12.1. The van der Waals surface area contributed by atoms with Crippen molar-refractivity contribution in [1.82, 2.24) is 4.90 Å². The molecule has 0 aromatic heterocycles. The summed E-state index contributed by atoms with van der Waals surface area (Å²) in [6.07, 6.45) is 2.84. The lowest BCUT2D eigenvalue weighted by Crippen LogP contribution is -2.44. The predicted octanol–water partition coefficient (Wildman–Crippen LogP) is 1.76. The quantitative estimate of drug-likeness (QED) is 0.799. The Morgan fingerprint density at radius 3 is 2.58 bits per heavy atom. The van der Waals surface area contributed by atoms with Crippen LogP contribution in [0.25, 0.3) is 0 Å². The highest BCUT2D eigenvalue weighted by Gasteiger charge is 2.29. The van der Waals surface area contributed by atoms with Crippen molar-refractivity contribution in [3.63, 3.8) is 0 Å². The van der Waals surface area contributed by atoms with E-state index in [0.717, 1.165) is 19.4 Å². The van der Waals surface area contributed by atoms with Gasteiger partial charge in [0.05, 0.1) is 0 Å². The van der Waals surface area contributed by atoms with Gasteiger partial charge in [0, 0.05) is 26.7 Å². The van der Waals surface area contributed by atoms with Crippen molar-refractivity contribution in [2.24, 2.45) is 11.8 Å². The van der Waals surface area contributed by atoms with Crippen LogP contribution in [0.15, 0.2) is 0 Å². The number of ether oxygens (including phenoxy) is 1. The Balaban J connectivity index is 2.54. The number of nitrogens with zero attached hydrogens (tertiary/aromatic N) is 1. The van der Waals surface area contributed by atoms with Gasteiger partial charge in [-0.2, -0.15) is 0 Å². The molecule has 0 bridgehead atoms. The van der Waals surface area contributed by atoms with Gasteiger partial charge in [-0.05, 0) is 31.1 Å². The van der Waals surface area contributed by atoms with Crippen LogP contribution in [0.1, 0.15) is 39.5 Å². The largest absolute Gasteiger partial charge is 0.480 e. The molecule has 1 aliphatic heterocycles. The molecular formula is C14H25NO4. The van der Waals surface area contributed by atoms with Crippen LogP contribution in [0.3, 0.4) is 0 Å². The monoisotopic (exact) mass is 271 g/mol. The highest BCUT2D eigenvalue weighted by Crippen LogP contribution is 2.19. The van der Waals surface area contributed by atoms with Gasteiger partial charge in [0.25, 0.3) is 0 Å². The molecule has 1 aliphatic rings. The topological polar surface area (TPSA) is 66.8 Å². The van der Waals surface area contributed by atoms with Crippen LogP contribution in [0.5, 0.6) is 0 Å². The molecule has 0 aromatic carbocycles. The van der Waals surface area contributed by atoms with Crippen LogP contribution in [0.4, 0.5) is 0 Å². The number of hydrogen-bond acceptors (Lipinski definition) is 3. The van der Waals surface area contributed by atoms with E-state index in [-0.39, 0.29) is 17.7 Å². The minimum Gasteiger partial charge on any atom is -0.480 e. The lowest BCUT2D eigenvalue weighted by Gasteiger charge is -2.29. The lowest BCUT2D eigenvalue weighted by atomic mass is 9.97. The van der Waals surface area contributed by atoms with Gasteiger partial charge in [0.15, 0.2) is 0 Å². The summed E-state index contributed by atoms with van der Waals surface area (Å²) >= 11 is 0. The molecule has 1 amide bonds. The Labute approximate surface area is 114 Å². The highest BCUT2D eigenvalue weighted by molar-refractivity contribution is 5.83. The number of aliphatic carboxylic acids is 1. The summed E-state index contributed by atoms with van der Waals surface area (Å²) in [5.41, 5.74) is 0. The second kappa shape index (κ2) is 7.48. The number of carboxylic acids is 1. The SMILES string of the molecule is CC(C)CC(C(=O)O)N(C)C(=O)CC1CCCOC1. The maximum absolute atomic E-state index is 12.1. The van der Waals surface area contributed by atoms with E-state index in [1.165, 1.54) is 4.90 Å². The first-order chi connectivity index (χ1) is 8.91. The number of carbonyl (C=O) groups is 2. The summed E-state index contributed by atoms with van der Waals surface area (Å²) in [7, 11) is 1.59. The van der Waals surface area contributed by atoms with Crippen molar-refractivity contribution in [1.29, 1.82) is 0 Å². The molecule has 1 heterocycles. The van der Waals surface area contributed by atoms with Crippen molar-refractivity contribution in [3.05, 3.63) is 0 Å². The third-order valence-electron chi connectivity index (χ3n) is 3.56. The smallest absolute Gasteiger partial charge is 0.326 e. The van der Waals surface area contributed by atoms with E-state index in [1.807, 2.05) is 13.8 Å². The Morgan fingerprint density at radius 2 is 2.11 bits per heavy atom. The van der Waals surface area contributed by atoms with E-state index in [9.17, 15) is 14.7 Å². The normalized spacial score (nSPS) is 21.2. The second-order valence-corrected chi connectivity index (χ2v) is 5.78. The fourth-order valence-electron chi connectivity index (χ4n) is 2.40. The number of carboxylic acid groups (broad SMARTS) is 1. The third-order valence-corrected chi connectivity index (χ3v) is 3.56. The molecule has 1 fully saturated rings. The molecule has 1 rings (SSSR count). The molecule has 0 aromatic rings. The van der Waals surface area contributed by atoms with Crippen LogP contribution in [0, 0.1) is 11.8 Å². The minimum absolute atomic E-state index is 0.0939. The Hall–Kier alpha value is -1.10. The van der Waals surface area contributed by atoms with Crippen molar-refractivity contribution >= 4 is 11.9 Å². The zero-order valence-electron chi connectivity index (χ0n) is 12.1. The van der Waals surface area contributed by atoms with Crippen LogP contribution >= 0.6 is 0 Å². The van der Waals surface area contributed by atoms with Gasteiger partial charge in [-0.15, -0.1) is 0 Å². The number of amides is 1. The lowest BCUT2D eigenvalue weighted by molar-refractivity contribution is -0.150. The van der Waals surface area contributed by atoms with Crippen molar-refractivity contribution in [2.75, 3.05) is 20.3 Å². The second-order valence-electron chi connectivity index (χ2n) is 5.78. The summed E-state index contributed by atoms with van der Waals surface area (Å²) in [5.74, 6) is -0.542. The van der Waals surface area contributed by atoms with E-state index in [2.05, 4.69) is 0 Å². The van der Waals surface area contributed by atoms with Crippen LogP contribution in [-0.4, -0.2) is 48.2 Å². The van der Waals surface area contributed by atoms with Crippen molar-refractivity contribution in [3.8, 4) is 0 Å². The predicted molar refractivity (Wildman–Crippen MR) is 71.8 cm³/mol. The first-order valence-electron chi connectivity index (χ1n) is 6.98. The first kappa shape index (κ1) is 16.0. The summed E-state index contributed by atoms with van der Waals surface area (Å²) in [6.45, 7) is 5.31. The summed E-state index contributed by atoms with van der Waals surface area (Å²) in [6, 6.07) is -0.725. The van der Waals surface area contributed by atoms with E-state index in [1.54, 1.807) is 7.05 Å². The first-order valence-corrected chi connectivity index (χ1v) is 6.98. The molecule has 1 saturated heterocycles. The molecule has 0 spiro atoms. The summed E-state index contributed by atoms with van der Waals surface area (Å²) in [4.78, 5) is 24.8. The Bertz CT molecular complexity index is 311. The van der Waals surface area contributed by atoms with E-state index < -0.39 is 12.0 Å². The van der Waals surface area contributed by atoms with Crippen LogP contribution in [-0.2, 0) is 14.3 Å². The molecule has 2 unspecified atom stereocenters. The molecule has 2 atom stereocenters. The minimum atomic E-state index is -0.926. The molecular weight excluding hydrogens is 246 g/mol. The maximum Gasteiger partial charge on any atom is 0.326 e. The molecule has 0 aliphatic carbocycles. The number of hydrogen-bond donors (Lipinski definition) is 1. The van der Waals surface area contributed by atoms with Gasteiger partial charge in [-0.25, -0.2) is 4.79 Å². The fraction of sp³-hybridized carbons (Fsp3) is 0.857. The van der Waals surface area contributed by atoms with Crippen LogP contribution in [0.2, 0.25) is 0 Å². The molecule has 5 heteroatoms. The number of rotatable bonds is 6. The average molecular weight is 271 g/mol. The molecule has 0 radical (unpaired) electrons. The van der Waals surface area contributed by atoms with E-state index >= 15 is 0 Å². The van der Waals surface area contributed by atoms with Crippen molar-refractivity contribution < 1.29 is 19.4 Å². The molecule has 5 nitrogen and oxygen atoms in total. The Morgan fingerprint density at radius 1 is 1.42 bits per heavy atom. The zero-order chi connectivity index (χ0) is 14.4. The van der Waals surface area contributed by atoms with Gasteiger partial charge >= 0.3 is 5.97 Å².